The first-order chi connectivity index (χ1) is 9.22. The summed E-state index contributed by atoms with van der Waals surface area (Å²) in [5.41, 5.74) is 1.21. The van der Waals surface area contributed by atoms with Gasteiger partial charge in [-0.15, -0.1) is 0 Å². The Morgan fingerprint density at radius 2 is 2.05 bits per heavy atom. The van der Waals surface area contributed by atoms with Crippen molar-refractivity contribution in [2.24, 2.45) is 5.92 Å². The van der Waals surface area contributed by atoms with Crippen LogP contribution >= 0.6 is 27.5 Å². The molecule has 2 rings (SSSR count). The fourth-order valence-corrected chi connectivity index (χ4v) is 3.50. The van der Waals surface area contributed by atoms with Gasteiger partial charge in [-0.05, 0) is 36.5 Å². The van der Waals surface area contributed by atoms with E-state index in [0.29, 0.717) is 6.10 Å². The Morgan fingerprint density at radius 1 is 1.32 bits per heavy atom. The van der Waals surface area contributed by atoms with Crippen LogP contribution in [-0.4, -0.2) is 11.4 Å². The molecule has 1 aromatic carbocycles. The highest BCUT2D eigenvalue weighted by molar-refractivity contribution is 9.09. The van der Waals surface area contributed by atoms with Crippen LogP contribution in [0.1, 0.15) is 50.7 Å². The van der Waals surface area contributed by atoms with Gasteiger partial charge in [-0.2, -0.15) is 0 Å². The molecular formula is C16H22BrClO. The minimum atomic E-state index is 0.137. The van der Waals surface area contributed by atoms with Crippen molar-refractivity contribution in [1.82, 2.24) is 0 Å². The summed E-state index contributed by atoms with van der Waals surface area (Å²) >= 11 is 9.51. The SMILES string of the molecule is CCC1CCCC(OC(CBr)c2ccc(Cl)cc2)C1. The average molecular weight is 346 g/mol. The van der Waals surface area contributed by atoms with E-state index in [1.165, 1.54) is 37.7 Å². The van der Waals surface area contributed by atoms with Crippen LogP contribution in [0.2, 0.25) is 5.02 Å². The molecular weight excluding hydrogens is 324 g/mol. The van der Waals surface area contributed by atoms with Gasteiger partial charge in [0.15, 0.2) is 0 Å². The van der Waals surface area contributed by atoms with Crippen molar-refractivity contribution in [3.63, 3.8) is 0 Å². The Hall–Kier alpha value is -0.0500. The van der Waals surface area contributed by atoms with Gasteiger partial charge in [0, 0.05) is 10.4 Å². The van der Waals surface area contributed by atoms with Crippen LogP contribution in [0.15, 0.2) is 24.3 Å². The van der Waals surface area contributed by atoms with Crippen LogP contribution in [0.5, 0.6) is 0 Å². The highest BCUT2D eigenvalue weighted by atomic mass is 79.9. The van der Waals surface area contributed by atoms with E-state index in [2.05, 4.69) is 35.0 Å². The molecule has 1 aliphatic rings. The van der Waals surface area contributed by atoms with E-state index in [-0.39, 0.29) is 6.10 Å². The second-order valence-electron chi connectivity index (χ2n) is 5.39. The first kappa shape index (κ1) is 15.3. The van der Waals surface area contributed by atoms with Crippen molar-refractivity contribution < 1.29 is 4.74 Å². The molecule has 0 aliphatic heterocycles. The van der Waals surface area contributed by atoms with Crippen LogP contribution in [0.3, 0.4) is 0 Å². The molecule has 0 heterocycles. The van der Waals surface area contributed by atoms with E-state index in [4.69, 9.17) is 16.3 Å². The molecule has 106 valence electrons. The molecule has 0 N–H and O–H groups in total. The summed E-state index contributed by atoms with van der Waals surface area (Å²) in [4.78, 5) is 0. The Bertz CT molecular complexity index is 379. The Kier molecular flexibility index (Phi) is 6.18. The fourth-order valence-electron chi connectivity index (χ4n) is 2.85. The van der Waals surface area contributed by atoms with Crippen LogP contribution in [0.25, 0.3) is 0 Å². The molecule has 1 nitrogen and oxygen atoms in total. The minimum absolute atomic E-state index is 0.137. The number of alkyl halides is 1. The number of hydrogen-bond acceptors (Lipinski definition) is 1. The van der Waals surface area contributed by atoms with Gasteiger partial charge in [-0.1, -0.05) is 65.8 Å². The van der Waals surface area contributed by atoms with E-state index in [1.54, 1.807) is 0 Å². The van der Waals surface area contributed by atoms with Crippen LogP contribution in [0, 0.1) is 5.92 Å². The van der Waals surface area contributed by atoms with Gasteiger partial charge in [-0.25, -0.2) is 0 Å². The molecule has 3 unspecified atom stereocenters. The number of ether oxygens (including phenoxy) is 1. The number of halogens is 2. The zero-order valence-electron chi connectivity index (χ0n) is 11.4. The molecule has 0 aromatic heterocycles. The minimum Gasteiger partial charge on any atom is -0.369 e. The zero-order chi connectivity index (χ0) is 13.7. The maximum Gasteiger partial charge on any atom is 0.0925 e. The molecule has 19 heavy (non-hydrogen) atoms. The highest BCUT2D eigenvalue weighted by Crippen LogP contribution is 2.32. The van der Waals surface area contributed by atoms with Crippen molar-refractivity contribution in [3.05, 3.63) is 34.9 Å². The lowest BCUT2D eigenvalue weighted by Gasteiger charge is -2.31. The normalized spacial score (nSPS) is 25.2. The lowest BCUT2D eigenvalue weighted by molar-refractivity contribution is -0.0312. The molecule has 1 aliphatic carbocycles. The fraction of sp³-hybridized carbons (Fsp3) is 0.625. The standard InChI is InChI=1S/C16H22BrClO/c1-2-12-4-3-5-15(10-12)19-16(11-17)13-6-8-14(18)9-7-13/h6-9,12,15-16H,2-5,10-11H2,1H3. The van der Waals surface area contributed by atoms with Crippen molar-refractivity contribution >= 4 is 27.5 Å². The van der Waals surface area contributed by atoms with E-state index in [1.807, 2.05) is 12.1 Å². The second-order valence-corrected chi connectivity index (χ2v) is 6.48. The van der Waals surface area contributed by atoms with Gasteiger partial charge in [0.05, 0.1) is 12.2 Å². The van der Waals surface area contributed by atoms with Crippen molar-refractivity contribution in [2.45, 2.75) is 51.2 Å². The van der Waals surface area contributed by atoms with Crippen molar-refractivity contribution in [1.29, 1.82) is 0 Å². The number of benzene rings is 1. The Balaban J connectivity index is 1.96. The maximum absolute atomic E-state index is 6.31. The van der Waals surface area contributed by atoms with E-state index >= 15 is 0 Å². The third-order valence-electron chi connectivity index (χ3n) is 4.05. The lowest BCUT2D eigenvalue weighted by Crippen LogP contribution is -2.25. The van der Waals surface area contributed by atoms with Gasteiger partial charge in [0.1, 0.15) is 0 Å². The van der Waals surface area contributed by atoms with Crippen LogP contribution in [0.4, 0.5) is 0 Å². The predicted molar refractivity (Wildman–Crippen MR) is 85.1 cm³/mol. The zero-order valence-corrected chi connectivity index (χ0v) is 13.8. The molecule has 0 amide bonds. The van der Waals surface area contributed by atoms with Gasteiger partial charge in [-0.3, -0.25) is 0 Å². The first-order valence-electron chi connectivity index (χ1n) is 7.19. The summed E-state index contributed by atoms with van der Waals surface area (Å²) in [5.74, 6) is 0.847. The summed E-state index contributed by atoms with van der Waals surface area (Å²) in [5, 5.41) is 1.61. The quantitative estimate of drug-likeness (QED) is 0.616. The molecule has 1 fully saturated rings. The van der Waals surface area contributed by atoms with Gasteiger partial charge in [0.2, 0.25) is 0 Å². The second kappa shape index (κ2) is 7.66. The predicted octanol–water partition coefficient (Wildman–Crippen LogP) is 5.76. The molecule has 3 atom stereocenters. The van der Waals surface area contributed by atoms with Gasteiger partial charge < -0.3 is 4.74 Å². The van der Waals surface area contributed by atoms with E-state index < -0.39 is 0 Å². The summed E-state index contributed by atoms with van der Waals surface area (Å²) in [6.45, 7) is 2.29. The molecule has 0 radical (unpaired) electrons. The summed E-state index contributed by atoms with van der Waals surface area (Å²) in [6.07, 6.45) is 6.92. The molecule has 1 saturated carbocycles. The van der Waals surface area contributed by atoms with Gasteiger partial charge in [0.25, 0.3) is 0 Å². The van der Waals surface area contributed by atoms with E-state index in [0.717, 1.165) is 16.3 Å². The summed E-state index contributed by atoms with van der Waals surface area (Å²) < 4.78 is 6.31. The van der Waals surface area contributed by atoms with Crippen LogP contribution < -0.4 is 0 Å². The van der Waals surface area contributed by atoms with Gasteiger partial charge >= 0.3 is 0 Å². The Labute approximate surface area is 129 Å². The largest absolute Gasteiger partial charge is 0.369 e. The topological polar surface area (TPSA) is 9.23 Å². The molecule has 0 saturated heterocycles. The summed E-state index contributed by atoms with van der Waals surface area (Å²) in [7, 11) is 0. The molecule has 1 aromatic rings. The summed E-state index contributed by atoms with van der Waals surface area (Å²) in [6, 6.07) is 8.00. The highest BCUT2D eigenvalue weighted by Gasteiger charge is 2.24. The number of hydrogen-bond donors (Lipinski definition) is 0. The maximum atomic E-state index is 6.31. The Morgan fingerprint density at radius 3 is 2.68 bits per heavy atom. The van der Waals surface area contributed by atoms with Crippen molar-refractivity contribution in [2.75, 3.05) is 5.33 Å². The smallest absolute Gasteiger partial charge is 0.0925 e. The van der Waals surface area contributed by atoms with E-state index in [9.17, 15) is 0 Å². The monoisotopic (exact) mass is 344 g/mol. The third kappa shape index (κ3) is 4.47. The molecule has 3 heteroatoms. The molecule has 0 bridgehead atoms. The third-order valence-corrected chi connectivity index (χ3v) is 4.89. The van der Waals surface area contributed by atoms with Crippen molar-refractivity contribution in [3.8, 4) is 0 Å². The first-order valence-corrected chi connectivity index (χ1v) is 8.69. The lowest BCUT2D eigenvalue weighted by atomic mass is 9.85. The van der Waals surface area contributed by atoms with Crippen LogP contribution in [-0.2, 0) is 4.74 Å². The number of rotatable bonds is 5. The molecule has 0 spiro atoms. The average Bonchev–Trinajstić information content (AvgIpc) is 2.46.